The molecule has 1 heterocycles. The average molecular weight is 454 g/mol. The third kappa shape index (κ3) is 4.96. The second-order valence-corrected chi connectivity index (χ2v) is 8.67. The molecule has 9 heteroatoms. The van der Waals surface area contributed by atoms with Crippen molar-refractivity contribution in [3.63, 3.8) is 0 Å². The Kier molecular flexibility index (Phi) is 7.92. The predicted molar refractivity (Wildman–Crippen MR) is 123 cm³/mol. The van der Waals surface area contributed by atoms with Crippen LogP contribution in [0.3, 0.4) is 0 Å². The minimum absolute atomic E-state index is 0.105. The smallest absolute Gasteiger partial charge is 0.237 e. The molecule has 2 aromatic rings. The zero-order valence-corrected chi connectivity index (χ0v) is 19.8. The summed E-state index contributed by atoms with van der Waals surface area (Å²) in [5.74, 6) is 0.165. The number of carbonyl (C=O) groups is 1. The van der Waals surface area contributed by atoms with Crippen molar-refractivity contribution in [2.24, 2.45) is 0 Å². The highest BCUT2D eigenvalue weighted by Crippen LogP contribution is 2.45. The zero-order chi connectivity index (χ0) is 24.0. The Balaban J connectivity index is 1.88. The summed E-state index contributed by atoms with van der Waals surface area (Å²) < 4.78 is 14.1. The molecule has 0 saturated heterocycles. The average Bonchev–Trinajstić information content (AvgIpc) is 3.33. The van der Waals surface area contributed by atoms with Crippen molar-refractivity contribution in [2.45, 2.75) is 64.8 Å². The first-order valence-corrected chi connectivity index (χ1v) is 11.4. The number of aromatic amines is 1. The molecule has 33 heavy (non-hydrogen) atoms. The van der Waals surface area contributed by atoms with E-state index in [2.05, 4.69) is 45.9 Å². The van der Waals surface area contributed by atoms with Gasteiger partial charge in [-0.2, -0.15) is 10.5 Å². The minimum atomic E-state index is -0.685. The minimum Gasteiger partial charge on any atom is -0.326 e. The van der Waals surface area contributed by atoms with Crippen LogP contribution in [0.15, 0.2) is 29.3 Å². The summed E-state index contributed by atoms with van der Waals surface area (Å²) in [6, 6.07) is 6.57. The number of benzene rings is 1. The molecule has 1 amide bonds. The number of fused-ring (bicyclic) bond motifs is 1. The number of nitrogens with one attached hydrogen (secondary N) is 2. The number of hydrogen-bond acceptors (Lipinski definition) is 6. The highest BCUT2D eigenvalue weighted by atomic mass is 19.1. The van der Waals surface area contributed by atoms with Crippen molar-refractivity contribution in [3.05, 3.63) is 52.1 Å². The van der Waals surface area contributed by atoms with Crippen molar-refractivity contribution in [1.29, 1.82) is 5.26 Å². The van der Waals surface area contributed by atoms with Crippen LogP contribution < -0.4 is 5.32 Å². The maximum absolute atomic E-state index is 14.1. The molecule has 1 aliphatic carbocycles. The SMILES string of the molecule is CCCN(C(=O)CNCCC1(c2nn[nH]n2)C(C)=C(C)CCc2cc(F)ccc21)C(C)C#N. The van der Waals surface area contributed by atoms with Gasteiger partial charge in [-0.15, -0.1) is 10.2 Å². The van der Waals surface area contributed by atoms with E-state index in [0.29, 0.717) is 25.3 Å². The molecule has 1 aromatic carbocycles. The number of allylic oxidation sites excluding steroid dienone is 2. The Morgan fingerprint density at radius 1 is 1.39 bits per heavy atom. The van der Waals surface area contributed by atoms with Crippen LogP contribution in [0.25, 0.3) is 0 Å². The van der Waals surface area contributed by atoms with Gasteiger partial charge >= 0.3 is 0 Å². The first kappa shape index (κ1) is 24.5. The van der Waals surface area contributed by atoms with Crippen LogP contribution in [0.4, 0.5) is 4.39 Å². The maximum Gasteiger partial charge on any atom is 0.237 e. The van der Waals surface area contributed by atoms with E-state index in [1.54, 1.807) is 17.9 Å². The summed E-state index contributed by atoms with van der Waals surface area (Å²) in [5, 5.41) is 27.6. The molecule has 2 atom stereocenters. The number of halogens is 1. The monoisotopic (exact) mass is 453 g/mol. The van der Waals surface area contributed by atoms with Gasteiger partial charge in [-0.05, 0) is 76.3 Å². The molecule has 0 bridgehead atoms. The number of amides is 1. The Labute approximate surface area is 194 Å². The topological polar surface area (TPSA) is 111 Å². The number of aryl methyl sites for hydroxylation is 1. The third-order valence-electron chi connectivity index (χ3n) is 6.70. The van der Waals surface area contributed by atoms with E-state index in [0.717, 1.165) is 36.0 Å². The normalized spacial score (nSPS) is 18.9. The molecule has 2 unspecified atom stereocenters. The van der Waals surface area contributed by atoms with Gasteiger partial charge in [-0.3, -0.25) is 4.79 Å². The third-order valence-corrected chi connectivity index (χ3v) is 6.70. The number of rotatable bonds is 9. The van der Waals surface area contributed by atoms with Crippen LogP contribution >= 0.6 is 0 Å². The fourth-order valence-electron chi connectivity index (χ4n) is 4.74. The van der Waals surface area contributed by atoms with E-state index in [9.17, 15) is 14.4 Å². The van der Waals surface area contributed by atoms with Gasteiger partial charge < -0.3 is 10.2 Å². The van der Waals surface area contributed by atoms with E-state index >= 15 is 0 Å². The van der Waals surface area contributed by atoms with E-state index < -0.39 is 11.5 Å². The molecule has 1 aromatic heterocycles. The number of aromatic nitrogens is 4. The zero-order valence-electron chi connectivity index (χ0n) is 19.8. The van der Waals surface area contributed by atoms with Gasteiger partial charge in [0, 0.05) is 6.54 Å². The largest absolute Gasteiger partial charge is 0.326 e. The molecule has 3 rings (SSSR count). The fourth-order valence-corrected chi connectivity index (χ4v) is 4.74. The lowest BCUT2D eigenvalue weighted by molar-refractivity contribution is -0.131. The number of tetrazole rings is 1. The molecular formula is C24H32FN7O. The first-order valence-electron chi connectivity index (χ1n) is 11.4. The molecule has 1 aliphatic rings. The molecular weight excluding hydrogens is 421 g/mol. The molecule has 176 valence electrons. The van der Waals surface area contributed by atoms with Crippen LogP contribution in [0.5, 0.6) is 0 Å². The Morgan fingerprint density at radius 2 is 2.18 bits per heavy atom. The number of H-pyrrole nitrogens is 1. The number of nitrogens with zero attached hydrogens (tertiary/aromatic N) is 5. The van der Waals surface area contributed by atoms with Crippen molar-refractivity contribution < 1.29 is 9.18 Å². The molecule has 0 fully saturated rings. The van der Waals surface area contributed by atoms with Crippen LogP contribution in [-0.2, 0) is 16.6 Å². The van der Waals surface area contributed by atoms with Gasteiger partial charge in [0.25, 0.3) is 0 Å². The summed E-state index contributed by atoms with van der Waals surface area (Å²) in [5.41, 5.74) is 3.55. The fraction of sp³-hybridized carbons (Fsp3) is 0.542. The predicted octanol–water partition coefficient (Wildman–Crippen LogP) is 3.04. The number of carbonyl (C=O) groups excluding carboxylic acids is 1. The molecule has 0 radical (unpaired) electrons. The molecule has 2 N–H and O–H groups in total. The number of hydrogen-bond donors (Lipinski definition) is 2. The van der Waals surface area contributed by atoms with E-state index in [4.69, 9.17) is 0 Å². The highest BCUT2D eigenvalue weighted by molar-refractivity contribution is 5.78. The van der Waals surface area contributed by atoms with Crippen LogP contribution in [0.2, 0.25) is 0 Å². The van der Waals surface area contributed by atoms with Gasteiger partial charge in [-0.1, -0.05) is 29.3 Å². The quantitative estimate of drug-likeness (QED) is 0.446. The lowest BCUT2D eigenvalue weighted by Crippen LogP contribution is -2.44. The van der Waals surface area contributed by atoms with Gasteiger partial charge in [0.1, 0.15) is 11.9 Å². The van der Waals surface area contributed by atoms with Gasteiger partial charge in [0.05, 0.1) is 18.0 Å². The summed E-state index contributed by atoms with van der Waals surface area (Å²) in [6.45, 7) is 9.06. The molecule has 8 nitrogen and oxygen atoms in total. The molecule has 0 spiro atoms. The van der Waals surface area contributed by atoms with Crippen molar-refractivity contribution in [2.75, 3.05) is 19.6 Å². The second kappa shape index (κ2) is 10.7. The van der Waals surface area contributed by atoms with E-state index in [1.807, 2.05) is 13.0 Å². The van der Waals surface area contributed by atoms with E-state index in [1.165, 1.54) is 11.6 Å². The summed E-state index contributed by atoms with van der Waals surface area (Å²) >= 11 is 0. The Hall–Kier alpha value is -3.12. The van der Waals surface area contributed by atoms with Crippen molar-refractivity contribution >= 4 is 5.91 Å². The lowest BCUT2D eigenvalue weighted by Gasteiger charge is -2.34. The summed E-state index contributed by atoms with van der Waals surface area (Å²) in [4.78, 5) is 14.3. The maximum atomic E-state index is 14.1. The van der Waals surface area contributed by atoms with Gasteiger partial charge in [0.2, 0.25) is 5.91 Å². The standard InChI is InChI=1S/C24H32FN7O/c1-5-12-32(17(3)14-26)22(33)15-27-11-10-24(23-28-30-31-29-23)18(4)16(2)6-7-19-13-20(25)8-9-21(19)24/h8-9,13,17,27H,5-7,10-12,15H2,1-4H3,(H,28,29,30,31). The lowest BCUT2D eigenvalue weighted by atomic mass is 9.69. The summed E-state index contributed by atoms with van der Waals surface area (Å²) in [7, 11) is 0. The van der Waals surface area contributed by atoms with E-state index in [-0.39, 0.29) is 18.3 Å². The summed E-state index contributed by atoms with van der Waals surface area (Å²) in [6.07, 6.45) is 2.92. The Morgan fingerprint density at radius 3 is 2.85 bits per heavy atom. The molecule has 0 saturated carbocycles. The van der Waals surface area contributed by atoms with Gasteiger partial charge in [-0.25, -0.2) is 4.39 Å². The van der Waals surface area contributed by atoms with Crippen LogP contribution in [0, 0.1) is 17.1 Å². The van der Waals surface area contributed by atoms with Crippen molar-refractivity contribution in [3.8, 4) is 6.07 Å². The van der Waals surface area contributed by atoms with Crippen LogP contribution in [0.1, 0.15) is 63.9 Å². The first-order chi connectivity index (χ1) is 15.8. The van der Waals surface area contributed by atoms with Crippen LogP contribution in [-0.4, -0.2) is 57.1 Å². The molecule has 0 aliphatic heterocycles. The van der Waals surface area contributed by atoms with Crippen molar-refractivity contribution in [1.82, 2.24) is 30.8 Å². The Bertz CT molecular complexity index is 1040. The second-order valence-electron chi connectivity index (χ2n) is 8.67. The number of nitriles is 1. The highest BCUT2D eigenvalue weighted by Gasteiger charge is 2.43. The van der Waals surface area contributed by atoms with Gasteiger partial charge in [0.15, 0.2) is 5.82 Å².